The van der Waals surface area contributed by atoms with Crippen molar-refractivity contribution in [3.8, 4) is 0 Å². The van der Waals surface area contributed by atoms with Crippen LogP contribution in [0.3, 0.4) is 0 Å². The standard InChI is InChI=1S/C8H8F2O.C2H6/c1-11-5-6-2-3-7(9)4-8(6)10;1-2/h2-4H,5H2,1H3;1-2H3. The molecule has 0 N–H and O–H groups in total. The summed E-state index contributed by atoms with van der Waals surface area (Å²) in [6.07, 6.45) is 0. The predicted molar refractivity (Wildman–Crippen MR) is 48.4 cm³/mol. The van der Waals surface area contributed by atoms with Gasteiger partial charge in [-0.25, -0.2) is 8.78 Å². The first-order valence-corrected chi connectivity index (χ1v) is 4.17. The normalized spacial score (nSPS) is 9.00. The molecule has 0 saturated heterocycles. The lowest BCUT2D eigenvalue weighted by Gasteiger charge is -2.00. The fourth-order valence-corrected chi connectivity index (χ4v) is 0.794. The number of rotatable bonds is 2. The first-order valence-electron chi connectivity index (χ1n) is 4.17. The van der Waals surface area contributed by atoms with Gasteiger partial charge in [0.05, 0.1) is 6.61 Å². The maximum absolute atomic E-state index is 12.7. The van der Waals surface area contributed by atoms with Crippen LogP contribution in [0.5, 0.6) is 0 Å². The molecular weight excluding hydrogens is 174 g/mol. The molecule has 0 saturated carbocycles. The van der Waals surface area contributed by atoms with E-state index < -0.39 is 11.6 Å². The van der Waals surface area contributed by atoms with Crippen molar-refractivity contribution in [1.82, 2.24) is 0 Å². The molecule has 0 unspecified atom stereocenters. The number of ether oxygens (including phenoxy) is 1. The van der Waals surface area contributed by atoms with Crippen molar-refractivity contribution in [2.24, 2.45) is 0 Å². The van der Waals surface area contributed by atoms with Crippen molar-refractivity contribution in [2.75, 3.05) is 7.11 Å². The first kappa shape index (κ1) is 12.0. The summed E-state index contributed by atoms with van der Waals surface area (Å²) in [5.74, 6) is -1.13. The lowest BCUT2D eigenvalue weighted by atomic mass is 10.2. The summed E-state index contributed by atoms with van der Waals surface area (Å²) < 4.78 is 29.7. The predicted octanol–water partition coefficient (Wildman–Crippen LogP) is 3.14. The second-order valence-corrected chi connectivity index (χ2v) is 2.17. The van der Waals surface area contributed by atoms with E-state index in [1.165, 1.54) is 19.2 Å². The lowest BCUT2D eigenvalue weighted by Crippen LogP contribution is -1.92. The zero-order chi connectivity index (χ0) is 10.3. The van der Waals surface area contributed by atoms with E-state index in [1.807, 2.05) is 13.8 Å². The summed E-state index contributed by atoms with van der Waals surface area (Å²) in [7, 11) is 1.46. The van der Waals surface area contributed by atoms with E-state index in [1.54, 1.807) is 0 Å². The molecule has 1 aromatic carbocycles. The fraction of sp³-hybridized carbons (Fsp3) is 0.400. The highest BCUT2D eigenvalue weighted by Gasteiger charge is 2.01. The van der Waals surface area contributed by atoms with Crippen molar-refractivity contribution in [2.45, 2.75) is 20.5 Å². The molecule has 0 aliphatic carbocycles. The van der Waals surface area contributed by atoms with E-state index in [0.29, 0.717) is 5.56 Å². The number of hydrogen-bond acceptors (Lipinski definition) is 1. The average Bonchev–Trinajstić information content (AvgIpc) is 2.14. The van der Waals surface area contributed by atoms with Gasteiger partial charge in [-0.2, -0.15) is 0 Å². The number of hydrogen-bond donors (Lipinski definition) is 0. The van der Waals surface area contributed by atoms with Crippen LogP contribution in [0, 0.1) is 11.6 Å². The van der Waals surface area contributed by atoms with Crippen molar-refractivity contribution in [3.05, 3.63) is 35.4 Å². The van der Waals surface area contributed by atoms with E-state index in [0.717, 1.165) is 6.07 Å². The van der Waals surface area contributed by atoms with Gasteiger partial charge in [0.15, 0.2) is 0 Å². The van der Waals surface area contributed by atoms with Gasteiger partial charge in [-0.15, -0.1) is 0 Å². The van der Waals surface area contributed by atoms with E-state index in [9.17, 15) is 8.78 Å². The van der Waals surface area contributed by atoms with Gasteiger partial charge < -0.3 is 4.74 Å². The van der Waals surface area contributed by atoms with Crippen LogP contribution in [0.25, 0.3) is 0 Å². The highest BCUT2D eigenvalue weighted by atomic mass is 19.1. The summed E-state index contributed by atoms with van der Waals surface area (Å²) in [6, 6.07) is 3.42. The molecule has 0 aliphatic rings. The number of benzene rings is 1. The van der Waals surface area contributed by atoms with E-state index >= 15 is 0 Å². The monoisotopic (exact) mass is 188 g/mol. The Bertz CT molecular complexity index is 249. The van der Waals surface area contributed by atoms with E-state index in [4.69, 9.17) is 0 Å². The van der Waals surface area contributed by atoms with Crippen LogP contribution in [0.15, 0.2) is 18.2 Å². The molecule has 0 aromatic heterocycles. The molecule has 74 valence electrons. The van der Waals surface area contributed by atoms with Gasteiger partial charge in [-0.3, -0.25) is 0 Å². The van der Waals surface area contributed by atoms with Crippen molar-refractivity contribution < 1.29 is 13.5 Å². The number of halogens is 2. The Hall–Kier alpha value is -0.960. The molecule has 0 spiro atoms. The molecular formula is C10H14F2O. The molecule has 0 fully saturated rings. The molecule has 0 heterocycles. The van der Waals surface area contributed by atoms with Gasteiger partial charge in [-0.1, -0.05) is 19.9 Å². The van der Waals surface area contributed by atoms with Gasteiger partial charge in [0, 0.05) is 18.7 Å². The maximum Gasteiger partial charge on any atom is 0.131 e. The smallest absolute Gasteiger partial charge is 0.131 e. The SMILES string of the molecule is CC.COCc1ccc(F)cc1F. The minimum atomic E-state index is -0.567. The van der Waals surface area contributed by atoms with Crippen LogP contribution in [0.1, 0.15) is 19.4 Å². The van der Waals surface area contributed by atoms with Crippen LogP contribution in [-0.4, -0.2) is 7.11 Å². The maximum atomic E-state index is 12.7. The molecule has 3 heteroatoms. The van der Waals surface area contributed by atoms with Gasteiger partial charge in [0.2, 0.25) is 0 Å². The summed E-state index contributed by atoms with van der Waals surface area (Å²) in [4.78, 5) is 0. The molecule has 1 aromatic rings. The van der Waals surface area contributed by atoms with Crippen LogP contribution < -0.4 is 0 Å². The lowest BCUT2D eigenvalue weighted by molar-refractivity contribution is 0.181. The molecule has 0 aliphatic heterocycles. The van der Waals surface area contributed by atoms with Gasteiger partial charge >= 0.3 is 0 Å². The van der Waals surface area contributed by atoms with Gasteiger partial charge in [-0.05, 0) is 6.07 Å². The summed E-state index contributed by atoms with van der Waals surface area (Å²) in [6.45, 7) is 4.17. The summed E-state index contributed by atoms with van der Waals surface area (Å²) in [5, 5.41) is 0. The molecule has 0 bridgehead atoms. The van der Waals surface area contributed by atoms with Crippen molar-refractivity contribution in [3.63, 3.8) is 0 Å². The Morgan fingerprint density at radius 1 is 1.23 bits per heavy atom. The highest BCUT2D eigenvalue weighted by molar-refractivity contribution is 5.17. The number of methoxy groups -OCH3 is 1. The van der Waals surface area contributed by atoms with Crippen LogP contribution in [0.4, 0.5) is 8.78 Å². The van der Waals surface area contributed by atoms with Crippen molar-refractivity contribution in [1.29, 1.82) is 0 Å². The minimum absolute atomic E-state index is 0.173. The second kappa shape index (κ2) is 6.54. The van der Waals surface area contributed by atoms with Gasteiger partial charge in [0.1, 0.15) is 11.6 Å². The van der Waals surface area contributed by atoms with Crippen LogP contribution in [0.2, 0.25) is 0 Å². The first-order chi connectivity index (χ1) is 6.24. The Labute approximate surface area is 77.3 Å². The Balaban J connectivity index is 0.000000671. The summed E-state index contributed by atoms with van der Waals surface area (Å²) >= 11 is 0. The third kappa shape index (κ3) is 3.99. The zero-order valence-corrected chi connectivity index (χ0v) is 8.10. The molecule has 0 radical (unpaired) electrons. The highest BCUT2D eigenvalue weighted by Crippen LogP contribution is 2.09. The molecule has 0 amide bonds. The Morgan fingerprint density at radius 2 is 1.85 bits per heavy atom. The molecule has 1 rings (SSSR count). The quantitative estimate of drug-likeness (QED) is 0.692. The van der Waals surface area contributed by atoms with Crippen LogP contribution >= 0.6 is 0 Å². The largest absolute Gasteiger partial charge is 0.380 e. The third-order valence-electron chi connectivity index (χ3n) is 1.31. The van der Waals surface area contributed by atoms with E-state index in [2.05, 4.69) is 4.74 Å². The topological polar surface area (TPSA) is 9.23 Å². The second-order valence-electron chi connectivity index (χ2n) is 2.17. The van der Waals surface area contributed by atoms with Crippen molar-refractivity contribution >= 4 is 0 Å². The van der Waals surface area contributed by atoms with Crippen LogP contribution in [-0.2, 0) is 11.3 Å². The minimum Gasteiger partial charge on any atom is -0.380 e. The third-order valence-corrected chi connectivity index (χ3v) is 1.31. The molecule has 13 heavy (non-hydrogen) atoms. The molecule has 0 atom stereocenters. The average molecular weight is 188 g/mol. The Kier molecular flexibility index (Phi) is 6.06. The molecule has 1 nitrogen and oxygen atoms in total. The van der Waals surface area contributed by atoms with E-state index in [-0.39, 0.29) is 6.61 Å². The zero-order valence-electron chi connectivity index (χ0n) is 8.10. The summed E-state index contributed by atoms with van der Waals surface area (Å²) in [5.41, 5.74) is 0.369. The Morgan fingerprint density at radius 3 is 2.31 bits per heavy atom. The fourth-order valence-electron chi connectivity index (χ4n) is 0.794. The van der Waals surface area contributed by atoms with Gasteiger partial charge in [0.25, 0.3) is 0 Å².